The van der Waals surface area contributed by atoms with Crippen molar-refractivity contribution >= 4 is 12.3 Å². The molecule has 5 rings (SSSR count). The van der Waals surface area contributed by atoms with Crippen LogP contribution in [-0.2, 0) is 19.1 Å². The van der Waals surface area contributed by atoms with Crippen LogP contribution in [-0.4, -0.2) is 69.5 Å². The van der Waals surface area contributed by atoms with E-state index in [-0.39, 0.29) is 28.8 Å². The highest BCUT2D eigenvalue weighted by Gasteiger charge is 2.60. The van der Waals surface area contributed by atoms with Gasteiger partial charge in [0.15, 0.2) is 6.29 Å². The van der Waals surface area contributed by atoms with Gasteiger partial charge in [-0.15, -0.1) is 0 Å². The first-order valence-electron chi connectivity index (χ1n) is 14.4. The highest BCUT2D eigenvalue weighted by atomic mass is 16.7. The van der Waals surface area contributed by atoms with Gasteiger partial charge in [-0.2, -0.15) is 0 Å². The van der Waals surface area contributed by atoms with Crippen LogP contribution in [0.15, 0.2) is 23.8 Å². The number of hydrogen-bond donors (Lipinski definition) is 4. The molecule has 0 unspecified atom stereocenters. The van der Waals surface area contributed by atoms with E-state index >= 15 is 0 Å². The summed E-state index contributed by atoms with van der Waals surface area (Å²) < 4.78 is 11.8. The summed E-state index contributed by atoms with van der Waals surface area (Å²) >= 11 is 0. The van der Waals surface area contributed by atoms with E-state index in [9.17, 15) is 24.9 Å². The number of fused-ring (bicyclic) bond motifs is 5. The Bertz CT molecular complexity index is 977. The van der Waals surface area contributed by atoms with Crippen LogP contribution >= 0.6 is 0 Å². The Morgan fingerprint density at radius 2 is 1.82 bits per heavy atom. The van der Waals surface area contributed by atoms with Crippen molar-refractivity contribution in [3.63, 3.8) is 0 Å². The lowest BCUT2D eigenvalue weighted by Gasteiger charge is -2.59. The molecule has 4 fully saturated rings. The molecule has 8 heteroatoms. The van der Waals surface area contributed by atoms with Gasteiger partial charge in [-0.3, -0.25) is 0 Å². The number of aliphatic hydroxyl groups excluding tert-OH is 3. The van der Waals surface area contributed by atoms with Crippen molar-refractivity contribution in [2.24, 2.45) is 40.4 Å². The number of aliphatic carboxylic acids is 1. The normalized spacial score (nSPS) is 49.5. The van der Waals surface area contributed by atoms with E-state index in [0.29, 0.717) is 17.8 Å². The summed E-state index contributed by atoms with van der Waals surface area (Å²) in [5, 5.41) is 39.7. The van der Waals surface area contributed by atoms with Crippen molar-refractivity contribution in [2.45, 2.75) is 109 Å². The maximum absolute atomic E-state index is 12.0. The third kappa shape index (κ3) is 4.60. The Kier molecular flexibility index (Phi) is 7.68. The molecule has 0 bridgehead atoms. The lowest BCUT2D eigenvalue weighted by Crippen LogP contribution is -2.58. The number of carboxylic acid groups (broad SMARTS) is 1. The van der Waals surface area contributed by atoms with E-state index in [1.54, 1.807) is 13.0 Å². The van der Waals surface area contributed by atoms with Crippen molar-refractivity contribution < 1.29 is 39.5 Å². The highest BCUT2D eigenvalue weighted by Crippen LogP contribution is 2.67. The van der Waals surface area contributed by atoms with E-state index in [1.807, 2.05) is 0 Å². The first kappa shape index (κ1) is 28.0. The Hall–Kier alpha value is -1.58. The molecule has 1 saturated heterocycles. The molecular formula is C30H44O8. The van der Waals surface area contributed by atoms with Crippen LogP contribution in [0.5, 0.6) is 0 Å². The molecule has 0 aromatic carbocycles. The second kappa shape index (κ2) is 10.4. The molecule has 0 aromatic rings. The summed E-state index contributed by atoms with van der Waals surface area (Å²) in [6.07, 6.45) is 8.46. The summed E-state index contributed by atoms with van der Waals surface area (Å²) in [5.41, 5.74) is 1.55. The molecule has 1 heterocycles. The lowest BCUT2D eigenvalue weighted by atomic mass is 9.46. The number of carbonyl (C=O) groups is 2. The summed E-state index contributed by atoms with van der Waals surface area (Å²) in [5.74, 6) is 0.535. The van der Waals surface area contributed by atoms with Crippen LogP contribution in [0.1, 0.15) is 72.1 Å². The fraction of sp³-hybridized carbons (Fsp3) is 0.800. The average molecular weight is 533 g/mol. The molecule has 13 atom stereocenters. The van der Waals surface area contributed by atoms with Gasteiger partial charge in [0.2, 0.25) is 0 Å². The average Bonchev–Trinajstić information content (AvgIpc) is 3.23. The second-order valence-electron chi connectivity index (χ2n) is 13.1. The zero-order chi connectivity index (χ0) is 27.4. The topological polar surface area (TPSA) is 134 Å². The molecule has 4 N–H and O–H groups in total. The number of aldehydes is 1. The molecule has 5 aliphatic rings. The van der Waals surface area contributed by atoms with E-state index in [1.165, 1.54) is 5.57 Å². The van der Waals surface area contributed by atoms with Gasteiger partial charge in [0, 0.05) is 12.0 Å². The molecule has 0 aromatic heterocycles. The van der Waals surface area contributed by atoms with Crippen molar-refractivity contribution in [3.05, 3.63) is 23.8 Å². The summed E-state index contributed by atoms with van der Waals surface area (Å²) in [7, 11) is 0. The minimum absolute atomic E-state index is 0.0457. The van der Waals surface area contributed by atoms with Crippen LogP contribution < -0.4 is 0 Å². The van der Waals surface area contributed by atoms with E-state index in [2.05, 4.69) is 19.9 Å². The monoisotopic (exact) mass is 532 g/mol. The van der Waals surface area contributed by atoms with Gasteiger partial charge < -0.3 is 34.7 Å². The van der Waals surface area contributed by atoms with Gasteiger partial charge in [-0.05, 0) is 92.8 Å². The van der Waals surface area contributed by atoms with Crippen molar-refractivity contribution in [1.29, 1.82) is 0 Å². The van der Waals surface area contributed by atoms with Gasteiger partial charge in [-0.25, -0.2) is 4.79 Å². The Balaban J connectivity index is 1.30. The lowest BCUT2D eigenvalue weighted by molar-refractivity contribution is -0.301. The number of carboxylic acids is 1. The van der Waals surface area contributed by atoms with Gasteiger partial charge in [-0.1, -0.05) is 31.6 Å². The summed E-state index contributed by atoms with van der Waals surface area (Å²) in [6, 6.07) is 0. The number of aliphatic hydroxyl groups is 3. The molecule has 0 spiro atoms. The maximum Gasteiger partial charge on any atom is 0.327 e. The van der Waals surface area contributed by atoms with Crippen LogP contribution in [0.4, 0.5) is 0 Å². The van der Waals surface area contributed by atoms with Gasteiger partial charge in [0.25, 0.3) is 0 Å². The third-order valence-electron chi connectivity index (χ3n) is 11.3. The number of allylic oxidation sites excluding steroid dienone is 2. The zero-order valence-electron chi connectivity index (χ0n) is 22.7. The minimum atomic E-state index is -1.30. The number of hydrogen-bond acceptors (Lipinski definition) is 7. The SMILES string of the molecule is C[C@@H]1O[C@@H](O[C@@H]2C=C3CC[C@H]4[C@@H]5CC[C@H]([C@H](C=O)/C=C/C(=O)O)[C@@]5(C)CC[C@@H]4[C@@]3(C)CC2)[C@H](O)[C@H](O)[C@H]1O. The van der Waals surface area contributed by atoms with Gasteiger partial charge in [0.1, 0.15) is 24.6 Å². The first-order chi connectivity index (χ1) is 18.0. The standard InChI is InChI=1S/C30H44O8/c1-16-25(34)26(35)27(36)28(37-16)38-19-10-12-29(2)18(14-19)5-6-20-22-8-7-21(17(15-31)4-9-24(32)33)30(22,3)13-11-23(20)29/h4,9,14-17,19-23,25-28,34-36H,5-8,10-13H2,1-3H3,(H,32,33)/b9-4+/t16-,17-,19-,20-,21+,22-,23-,25-,26+,27+,28-,29-,30+/m0/s1. The van der Waals surface area contributed by atoms with Crippen LogP contribution in [0.3, 0.4) is 0 Å². The molecule has 0 radical (unpaired) electrons. The molecule has 4 aliphatic carbocycles. The molecule has 38 heavy (non-hydrogen) atoms. The van der Waals surface area contributed by atoms with Crippen LogP contribution in [0.2, 0.25) is 0 Å². The summed E-state index contributed by atoms with van der Waals surface area (Å²) in [6.45, 7) is 6.41. The van der Waals surface area contributed by atoms with Crippen LogP contribution in [0, 0.1) is 40.4 Å². The smallest absolute Gasteiger partial charge is 0.327 e. The Morgan fingerprint density at radius 3 is 2.53 bits per heavy atom. The second-order valence-corrected chi connectivity index (χ2v) is 13.1. The van der Waals surface area contributed by atoms with Crippen molar-refractivity contribution in [1.82, 2.24) is 0 Å². The van der Waals surface area contributed by atoms with E-state index in [0.717, 1.165) is 63.7 Å². The molecule has 1 aliphatic heterocycles. The van der Waals surface area contributed by atoms with Crippen molar-refractivity contribution in [2.75, 3.05) is 0 Å². The van der Waals surface area contributed by atoms with Crippen molar-refractivity contribution in [3.8, 4) is 0 Å². The van der Waals surface area contributed by atoms with E-state index < -0.39 is 36.7 Å². The quantitative estimate of drug-likeness (QED) is 0.233. The third-order valence-corrected chi connectivity index (χ3v) is 11.3. The van der Waals surface area contributed by atoms with Gasteiger partial charge >= 0.3 is 5.97 Å². The predicted octanol–water partition coefficient (Wildman–Crippen LogP) is 3.23. The highest BCUT2D eigenvalue weighted by molar-refractivity contribution is 5.80. The molecular weight excluding hydrogens is 488 g/mol. The largest absolute Gasteiger partial charge is 0.478 e. The molecule has 212 valence electrons. The maximum atomic E-state index is 12.0. The zero-order valence-corrected chi connectivity index (χ0v) is 22.7. The Morgan fingerprint density at radius 1 is 1.05 bits per heavy atom. The van der Waals surface area contributed by atoms with Gasteiger partial charge in [0.05, 0.1) is 12.2 Å². The first-order valence-corrected chi connectivity index (χ1v) is 14.4. The van der Waals surface area contributed by atoms with Crippen LogP contribution in [0.25, 0.3) is 0 Å². The fourth-order valence-electron chi connectivity index (χ4n) is 9.24. The Labute approximate surface area is 225 Å². The fourth-order valence-corrected chi connectivity index (χ4v) is 9.24. The molecule has 0 amide bonds. The number of ether oxygens (including phenoxy) is 2. The molecule has 8 nitrogen and oxygen atoms in total. The number of rotatable bonds is 6. The predicted molar refractivity (Wildman–Crippen MR) is 139 cm³/mol. The summed E-state index contributed by atoms with van der Waals surface area (Å²) in [4.78, 5) is 23.1. The van der Waals surface area contributed by atoms with E-state index in [4.69, 9.17) is 14.6 Å². The molecule has 3 saturated carbocycles. The minimum Gasteiger partial charge on any atom is -0.478 e. The number of carbonyl (C=O) groups excluding carboxylic acids is 1.